The van der Waals surface area contributed by atoms with E-state index in [-0.39, 0.29) is 5.92 Å². The smallest absolute Gasteiger partial charge is 0.159 e. The molecule has 0 aliphatic heterocycles. The zero-order valence-corrected chi connectivity index (χ0v) is 13.1. The van der Waals surface area contributed by atoms with E-state index >= 15 is 0 Å². The Labute approximate surface area is 128 Å². The van der Waals surface area contributed by atoms with E-state index in [0.717, 1.165) is 42.4 Å². The number of carbonyl (C=O) groups excluding carboxylic acids is 1. The first-order valence-electron chi connectivity index (χ1n) is 9.13. The average molecular weight is 284 g/mol. The molecule has 0 bridgehead atoms. The Hall–Kier alpha value is -0.850. The summed E-state index contributed by atoms with van der Waals surface area (Å²) < 4.78 is 0. The molecule has 4 aliphatic carbocycles. The van der Waals surface area contributed by atoms with Gasteiger partial charge in [0.2, 0.25) is 0 Å². The van der Waals surface area contributed by atoms with Crippen LogP contribution in [0.4, 0.5) is 0 Å². The van der Waals surface area contributed by atoms with Gasteiger partial charge in [-0.2, -0.15) is 0 Å². The lowest BCUT2D eigenvalue weighted by Gasteiger charge is -2.50. The monoisotopic (exact) mass is 284 g/mol. The van der Waals surface area contributed by atoms with Gasteiger partial charge < -0.3 is 0 Å². The van der Waals surface area contributed by atoms with Crippen molar-refractivity contribution < 1.29 is 4.79 Å². The minimum atomic E-state index is 0.233. The van der Waals surface area contributed by atoms with Crippen LogP contribution in [-0.4, -0.2) is 5.78 Å². The molecule has 0 saturated heterocycles. The topological polar surface area (TPSA) is 17.1 Å². The Balaban J connectivity index is 1.58. The predicted molar refractivity (Wildman–Crippen MR) is 85.8 cm³/mol. The summed E-state index contributed by atoms with van der Waals surface area (Å²) >= 11 is 0. The second-order valence-corrected chi connectivity index (χ2v) is 7.98. The molecule has 1 unspecified atom stereocenters. The molecule has 4 aliphatic rings. The van der Waals surface area contributed by atoms with Gasteiger partial charge >= 0.3 is 0 Å². The summed E-state index contributed by atoms with van der Waals surface area (Å²) in [5.41, 5.74) is 1.51. The Kier molecular flexibility index (Phi) is 3.55. The van der Waals surface area contributed by atoms with Crippen molar-refractivity contribution in [3.63, 3.8) is 0 Å². The molecule has 0 spiro atoms. The maximum atomic E-state index is 12.3. The van der Waals surface area contributed by atoms with Gasteiger partial charge in [0.15, 0.2) is 5.78 Å². The molecule has 21 heavy (non-hydrogen) atoms. The summed E-state index contributed by atoms with van der Waals surface area (Å²) in [5.74, 6) is 5.29. The minimum absolute atomic E-state index is 0.233. The van der Waals surface area contributed by atoms with Gasteiger partial charge in [0.25, 0.3) is 0 Å². The lowest BCUT2D eigenvalue weighted by molar-refractivity contribution is -0.120. The second kappa shape index (κ2) is 5.41. The van der Waals surface area contributed by atoms with E-state index in [1.807, 2.05) is 12.2 Å². The fourth-order valence-electron chi connectivity index (χ4n) is 6.29. The number of carbonyl (C=O) groups is 1. The van der Waals surface area contributed by atoms with Gasteiger partial charge in [0.05, 0.1) is 0 Å². The van der Waals surface area contributed by atoms with Crippen molar-refractivity contribution in [3.05, 3.63) is 24.3 Å². The predicted octanol–water partition coefficient (Wildman–Crippen LogP) is 4.93. The van der Waals surface area contributed by atoms with Crippen LogP contribution in [0.2, 0.25) is 0 Å². The first-order valence-corrected chi connectivity index (χ1v) is 9.13. The highest BCUT2D eigenvalue weighted by Crippen LogP contribution is 2.57. The molecule has 0 aromatic carbocycles. The molecular weight excluding hydrogens is 256 g/mol. The number of hydrogen-bond acceptors (Lipinski definition) is 1. The van der Waals surface area contributed by atoms with Crippen molar-refractivity contribution in [2.24, 2.45) is 35.5 Å². The molecule has 114 valence electrons. The van der Waals surface area contributed by atoms with Gasteiger partial charge in [-0.3, -0.25) is 4.79 Å². The van der Waals surface area contributed by atoms with Crippen LogP contribution < -0.4 is 0 Å². The van der Waals surface area contributed by atoms with Gasteiger partial charge in [-0.1, -0.05) is 24.5 Å². The normalized spacial score (nSPS) is 45.3. The van der Waals surface area contributed by atoms with Crippen LogP contribution in [0.25, 0.3) is 0 Å². The van der Waals surface area contributed by atoms with Gasteiger partial charge in [-0.25, -0.2) is 0 Å². The van der Waals surface area contributed by atoms with E-state index in [4.69, 9.17) is 0 Å². The van der Waals surface area contributed by atoms with Gasteiger partial charge in [0.1, 0.15) is 0 Å². The number of hydrogen-bond donors (Lipinski definition) is 0. The molecule has 0 heterocycles. The first kappa shape index (κ1) is 13.8. The van der Waals surface area contributed by atoms with E-state index in [2.05, 4.69) is 6.58 Å². The summed E-state index contributed by atoms with van der Waals surface area (Å²) in [7, 11) is 0. The number of fused-ring (bicyclic) bond motifs is 5. The minimum Gasteiger partial charge on any atom is -0.295 e. The Morgan fingerprint density at radius 2 is 2.00 bits per heavy atom. The molecule has 6 atom stereocenters. The largest absolute Gasteiger partial charge is 0.295 e. The summed E-state index contributed by atoms with van der Waals surface area (Å²) in [4.78, 5) is 12.3. The quantitative estimate of drug-likeness (QED) is 0.657. The van der Waals surface area contributed by atoms with Crippen molar-refractivity contribution in [2.75, 3.05) is 0 Å². The van der Waals surface area contributed by atoms with E-state index in [0.29, 0.717) is 5.78 Å². The molecule has 3 fully saturated rings. The van der Waals surface area contributed by atoms with E-state index in [9.17, 15) is 4.79 Å². The Bertz CT molecular complexity index is 474. The van der Waals surface area contributed by atoms with E-state index in [1.54, 1.807) is 0 Å². The zero-order valence-electron chi connectivity index (χ0n) is 13.1. The average Bonchev–Trinajstić information content (AvgIpc) is 2.96. The fraction of sp³-hybridized carbons (Fsp3) is 0.750. The standard InChI is InChI=1S/C20H28O/c1-2-4-15-11-19-14(12-20(15)21)8-10-17-16-6-3-5-13(16)7-9-18(17)19/h2,12-13,15-19H,1,3-11H2/t13-,15?,16+,17-,18-,19-/m0/s1. The highest BCUT2D eigenvalue weighted by Gasteiger charge is 2.48. The maximum absolute atomic E-state index is 12.3. The van der Waals surface area contributed by atoms with Crippen LogP contribution in [0.1, 0.15) is 57.8 Å². The van der Waals surface area contributed by atoms with Gasteiger partial charge in [-0.05, 0) is 80.6 Å². The lowest BCUT2D eigenvalue weighted by Crippen LogP contribution is -2.42. The van der Waals surface area contributed by atoms with Crippen molar-refractivity contribution >= 4 is 5.78 Å². The van der Waals surface area contributed by atoms with E-state index in [1.165, 1.54) is 50.5 Å². The van der Waals surface area contributed by atoms with Gasteiger partial charge in [0, 0.05) is 5.92 Å². The third-order valence-electron chi connectivity index (χ3n) is 7.17. The number of allylic oxidation sites excluding steroid dienone is 2. The molecule has 0 amide bonds. The van der Waals surface area contributed by atoms with Crippen LogP contribution in [0.5, 0.6) is 0 Å². The molecule has 0 aromatic heterocycles. The summed E-state index contributed by atoms with van der Waals surface area (Å²) in [6.07, 6.45) is 15.9. The number of rotatable bonds is 2. The van der Waals surface area contributed by atoms with Crippen molar-refractivity contribution in [2.45, 2.75) is 57.8 Å². The molecule has 0 aromatic rings. The highest BCUT2D eigenvalue weighted by molar-refractivity contribution is 5.93. The van der Waals surface area contributed by atoms with Crippen molar-refractivity contribution in [3.8, 4) is 0 Å². The molecule has 1 heteroatoms. The molecule has 3 saturated carbocycles. The molecule has 4 rings (SSSR count). The van der Waals surface area contributed by atoms with Crippen LogP contribution >= 0.6 is 0 Å². The zero-order chi connectivity index (χ0) is 14.4. The van der Waals surface area contributed by atoms with Crippen LogP contribution in [-0.2, 0) is 4.79 Å². The molecule has 0 radical (unpaired) electrons. The highest BCUT2D eigenvalue weighted by atomic mass is 16.1. The second-order valence-electron chi connectivity index (χ2n) is 7.98. The Morgan fingerprint density at radius 3 is 2.86 bits per heavy atom. The number of ketones is 1. The molecule has 0 N–H and O–H groups in total. The van der Waals surface area contributed by atoms with Gasteiger partial charge in [-0.15, -0.1) is 6.58 Å². The van der Waals surface area contributed by atoms with Crippen LogP contribution in [0.15, 0.2) is 24.3 Å². The lowest BCUT2D eigenvalue weighted by atomic mass is 9.55. The first-order chi connectivity index (χ1) is 10.3. The van der Waals surface area contributed by atoms with E-state index < -0.39 is 0 Å². The summed E-state index contributed by atoms with van der Waals surface area (Å²) in [6, 6.07) is 0. The fourth-order valence-corrected chi connectivity index (χ4v) is 6.29. The molecular formula is C20H28O. The van der Waals surface area contributed by atoms with Crippen molar-refractivity contribution in [1.29, 1.82) is 0 Å². The molecule has 1 nitrogen and oxygen atoms in total. The Morgan fingerprint density at radius 1 is 1.10 bits per heavy atom. The van der Waals surface area contributed by atoms with Crippen LogP contribution in [0, 0.1) is 35.5 Å². The maximum Gasteiger partial charge on any atom is 0.159 e. The van der Waals surface area contributed by atoms with Crippen LogP contribution in [0.3, 0.4) is 0 Å². The third kappa shape index (κ3) is 2.24. The summed E-state index contributed by atoms with van der Waals surface area (Å²) in [5, 5.41) is 0. The van der Waals surface area contributed by atoms with Crippen molar-refractivity contribution in [1.82, 2.24) is 0 Å². The SMILES string of the molecule is C=CCC1C[C@H]2C(=CC1=O)CC[C@H]1[C@@H]3CCC[C@H]3CC[C@@H]12. The summed E-state index contributed by atoms with van der Waals surface area (Å²) in [6.45, 7) is 3.85. The third-order valence-corrected chi connectivity index (χ3v) is 7.17.